The van der Waals surface area contributed by atoms with Gasteiger partial charge in [0.05, 0.1) is 16.8 Å². The maximum Gasteiger partial charge on any atom is 0.257 e. The second kappa shape index (κ2) is 7.89. The van der Waals surface area contributed by atoms with Crippen LogP contribution in [0.25, 0.3) is 10.2 Å². The largest absolute Gasteiger partial charge is 0.494 e. The number of rotatable bonds is 6. The Bertz CT molecular complexity index is 873. The molecule has 3 rings (SSSR count). The van der Waals surface area contributed by atoms with E-state index in [4.69, 9.17) is 4.74 Å². The minimum absolute atomic E-state index is 0.148. The van der Waals surface area contributed by atoms with Gasteiger partial charge in [-0.3, -0.25) is 10.1 Å². The van der Waals surface area contributed by atoms with Crippen LogP contribution >= 0.6 is 23.1 Å². The molecule has 0 atom stereocenters. The fourth-order valence-corrected chi connectivity index (χ4v) is 4.07. The smallest absolute Gasteiger partial charge is 0.257 e. The Labute approximate surface area is 155 Å². The molecule has 0 radical (unpaired) electrons. The van der Waals surface area contributed by atoms with Crippen molar-refractivity contribution in [3.8, 4) is 5.75 Å². The van der Waals surface area contributed by atoms with E-state index in [1.165, 1.54) is 11.3 Å². The number of anilines is 1. The average Bonchev–Trinajstić information content (AvgIpc) is 2.96. The predicted molar refractivity (Wildman–Crippen MR) is 106 cm³/mol. The fraction of sp³-hybridized carbons (Fsp3) is 0.263. The third-order valence-corrected chi connectivity index (χ3v) is 5.33. The van der Waals surface area contributed by atoms with Crippen molar-refractivity contribution in [1.82, 2.24) is 4.98 Å². The van der Waals surface area contributed by atoms with Gasteiger partial charge in [0, 0.05) is 15.7 Å². The van der Waals surface area contributed by atoms with E-state index in [0.29, 0.717) is 22.6 Å². The number of benzene rings is 2. The number of amides is 1. The Morgan fingerprint density at radius 2 is 2.00 bits per heavy atom. The van der Waals surface area contributed by atoms with Crippen molar-refractivity contribution in [2.75, 3.05) is 11.9 Å². The van der Waals surface area contributed by atoms with E-state index < -0.39 is 0 Å². The van der Waals surface area contributed by atoms with Gasteiger partial charge in [-0.15, -0.1) is 11.8 Å². The summed E-state index contributed by atoms with van der Waals surface area (Å²) >= 11 is 3.22. The number of ether oxygens (including phenoxy) is 1. The summed E-state index contributed by atoms with van der Waals surface area (Å²) in [5.41, 5.74) is 1.48. The van der Waals surface area contributed by atoms with Crippen LogP contribution in [-0.4, -0.2) is 22.7 Å². The topological polar surface area (TPSA) is 51.2 Å². The van der Waals surface area contributed by atoms with Crippen molar-refractivity contribution in [3.63, 3.8) is 0 Å². The Morgan fingerprint density at radius 1 is 1.24 bits per heavy atom. The van der Waals surface area contributed by atoms with Crippen molar-refractivity contribution < 1.29 is 9.53 Å². The number of aromatic nitrogens is 1. The molecule has 1 amide bonds. The highest BCUT2D eigenvalue weighted by Crippen LogP contribution is 2.30. The summed E-state index contributed by atoms with van der Waals surface area (Å²) in [5.74, 6) is 0.667. The van der Waals surface area contributed by atoms with Crippen molar-refractivity contribution in [2.24, 2.45) is 0 Å². The first-order valence-electron chi connectivity index (χ1n) is 8.16. The minimum Gasteiger partial charge on any atom is -0.494 e. The highest BCUT2D eigenvalue weighted by molar-refractivity contribution is 7.99. The van der Waals surface area contributed by atoms with Gasteiger partial charge >= 0.3 is 0 Å². The lowest BCUT2D eigenvalue weighted by Gasteiger charge is -2.06. The van der Waals surface area contributed by atoms with Gasteiger partial charge in [0.2, 0.25) is 0 Å². The zero-order valence-corrected chi connectivity index (χ0v) is 16.0. The molecule has 0 saturated carbocycles. The maximum atomic E-state index is 12.4. The molecule has 6 heteroatoms. The van der Waals surface area contributed by atoms with Crippen LogP contribution in [0.1, 0.15) is 31.1 Å². The molecule has 0 fully saturated rings. The van der Waals surface area contributed by atoms with Crippen LogP contribution < -0.4 is 10.1 Å². The summed E-state index contributed by atoms with van der Waals surface area (Å²) in [7, 11) is 0. The van der Waals surface area contributed by atoms with Crippen LogP contribution in [0.15, 0.2) is 47.4 Å². The van der Waals surface area contributed by atoms with Gasteiger partial charge in [-0.2, -0.15) is 0 Å². The maximum absolute atomic E-state index is 12.4. The van der Waals surface area contributed by atoms with Crippen LogP contribution in [0.3, 0.4) is 0 Å². The molecule has 1 heterocycles. The number of fused-ring (bicyclic) bond motifs is 1. The van der Waals surface area contributed by atoms with Gasteiger partial charge in [-0.05, 0) is 49.4 Å². The number of hydrogen-bond acceptors (Lipinski definition) is 5. The lowest BCUT2D eigenvalue weighted by atomic mass is 10.2. The molecular formula is C19H20N2O2S2. The van der Waals surface area contributed by atoms with E-state index in [2.05, 4.69) is 24.1 Å². The first-order chi connectivity index (χ1) is 12.0. The molecule has 0 bridgehead atoms. The zero-order valence-electron chi connectivity index (χ0n) is 14.4. The lowest BCUT2D eigenvalue weighted by Crippen LogP contribution is -2.11. The van der Waals surface area contributed by atoms with Gasteiger partial charge in [-0.25, -0.2) is 4.98 Å². The SMILES string of the molecule is CCOc1ccc2nc(NC(=O)c3ccc(SC(C)C)cc3)sc2c1. The number of hydrogen-bond donors (Lipinski definition) is 1. The number of carbonyl (C=O) groups excluding carboxylic acids is 1. The second-order valence-electron chi connectivity index (χ2n) is 5.73. The number of nitrogens with zero attached hydrogens (tertiary/aromatic N) is 1. The molecule has 0 aliphatic carbocycles. The summed E-state index contributed by atoms with van der Waals surface area (Å²) in [6.07, 6.45) is 0. The minimum atomic E-state index is -0.148. The van der Waals surface area contributed by atoms with Gasteiger partial charge in [0.25, 0.3) is 5.91 Å². The monoisotopic (exact) mass is 372 g/mol. The van der Waals surface area contributed by atoms with Crippen molar-refractivity contribution in [2.45, 2.75) is 30.9 Å². The molecule has 0 saturated heterocycles. The molecule has 2 aromatic carbocycles. The van der Waals surface area contributed by atoms with E-state index in [-0.39, 0.29) is 5.91 Å². The molecule has 25 heavy (non-hydrogen) atoms. The lowest BCUT2D eigenvalue weighted by molar-refractivity contribution is 0.102. The van der Waals surface area contributed by atoms with E-state index in [0.717, 1.165) is 20.9 Å². The van der Waals surface area contributed by atoms with Crippen LogP contribution in [-0.2, 0) is 0 Å². The van der Waals surface area contributed by atoms with Gasteiger partial charge in [-0.1, -0.05) is 25.2 Å². The van der Waals surface area contributed by atoms with Gasteiger partial charge in [0.15, 0.2) is 5.13 Å². The van der Waals surface area contributed by atoms with E-state index >= 15 is 0 Å². The van der Waals surface area contributed by atoms with Crippen LogP contribution in [0.2, 0.25) is 0 Å². The highest BCUT2D eigenvalue weighted by Gasteiger charge is 2.11. The molecule has 0 aliphatic rings. The number of thioether (sulfide) groups is 1. The predicted octanol–water partition coefficient (Wildman–Crippen LogP) is 5.45. The summed E-state index contributed by atoms with van der Waals surface area (Å²) in [6, 6.07) is 13.4. The highest BCUT2D eigenvalue weighted by atomic mass is 32.2. The third kappa shape index (κ3) is 4.52. The van der Waals surface area contributed by atoms with Crippen LogP contribution in [0.4, 0.5) is 5.13 Å². The average molecular weight is 373 g/mol. The molecule has 4 nitrogen and oxygen atoms in total. The van der Waals surface area contributed by atoms with E-state index in [1.807, 2.05) is 49.4 Å². The Kier molecular flexibility index (Phi) is 5.60. The molecule has 0 aliphatic heterocycles. The molecule has 3 aromatic rings. The molecule has 0 unspecified atom stereocenters. The first kappa shape index (κ1) is 17.8. The third-order valence-electron chi connectivity index (χ3n) is 3.38. The normalized spacial score (nSPS) is 11.0. The van der Waals surface area contributed by atoms with Crippen molar-refractivity contribution in [1.29, 1.82) is 0 Å². The zero-order chi connectivity index (χ0) is 17.8. The molecule has 1 N–H and O–H groups in total. The molecule has 0 spiro atoms. The van der Waals surface area contributed by atoms with Crippen LogP contribution in [0, 0.1) is 0 Å². The Morgan fingerprint density at radius 3 is 2.68 bits per heavy atom. The van der Waals surface area contributed by atoms with Gasteiger partial charge < -0.3 is 4.74 Å². The summed E-state index contributed by atoms with van der Waals surface area (Å²) < 4.78 is 6.49. The molecule has 1 aromatic heterocycles. The van der Waals surface area contributed by atoms with E-state index in [9.17, 15) is 4.79 Å². The Balaban J connectivity index is 1.72. The molecule has 130 valence electrons. The fourth-order valence-electron chi connectivity index (χ4n) is 2.34. The van der Waals surface area contributed by atoms with Crippen molar-refractivity contribution >= 4 is 44.4 Å². The van der Waals surface area contributed by atoms with Crippen molar-refractivity contribution in [3.05, 3.63) is 48.0 Å². The van der Waals surface area contributed by atoms with E-state index in [1.54, 1.807) is 11.8 Å². The molecular weight excluding hydrogens is 352 g/mol. The summed E-state index contributed by atoms with van der Waals surface area (Å²) in [6.45, 7) is 6.87. The number of carbonyl (C=O) groups is 1. The summed E-state index contributed by atoms with van der Waals surface area (Å²) in [4.78, 5) is 18.0. The standard InChI is InChI=1S/C19H20N2O2S2/c1-4-23-14-7-10-16-17(11-14)25-19(20-16)21-18(22)13-5-8-15(9-6-13)24-12(2)3/h5-12H,4H2,1-3H3,(H,20,21,22). The van der Waals surface area contributed by atoms with Crippen LogP contribution in [0.5, 0.6) is 5.75 Å². The first-order valence-corrected chi connectivity index (χ1v) is 9.86. The quantitative estimate of drug-likeness (QED) is 0.585. The van der Waals surface area contributed by atoms with Gasteiger partial charge in [0.1, 0.15) is 5.75 Å². The summed E-state index contributed by atoms with van der Waals surface area (Å²) in [5, 5.41) is 3.99. The second-order valence-corrected chi connectivity index (χ2v) is 8.41. The number of thiazole rings is 1. The Hall–Kier alpha value is -2.05. The number of nitrogens with one attached hydrogen (secondary N) is 1.